The predicted octanol–water partition coefficient (Wildman–Crippen LogP) is 1.88. The maximum atomic E-state index is 11.2. The number of oxime groups is 1. The van der Waals surface area contributed by atoms with Gasteiger partial charge in [-0.25, -0.2) is 4.79 Å². The van der Waals surface area contributed by atoms with Crippen LogP contribution >= 0.6 is 0 Å². The third-order valence-electron chi connectivity index (χ3n) is 4.23. The monoisotopic (exact) mass is 303 g/mol. The molecule has 1 rings (SSSR count). The van der Waals surface area contributed by atoms with E-state index in [1.807, 2.05) is 0 Å². The van der Waals surface area contributed by atoms with Crippen LogP contribution in [0.4, 0.5) is 4.79 Å². The highest BCUT2D eigenvalue weighted by Crippen LogP contribution is 2.38. The van der Waals surface area contributed by atoms with Crippen molar-refractivity contribution in [3.63, 3.8) is 0 Å². The van der Waals surface area contributed by atoms with Crippen molar-refractivity contribution < 1.29 is 19.5 Å². The number of nitrogens with zero attached hydrogens (tertiary/aromatic N) is 2. The fourth-order valence-electron chi connectivity index (χ4n) is 2.03. The first-order valence-corrected chi connectivity index (χ1v) is 9.55. The second-order valence-electron chi connectivity index (χ2n) is 6.71. The Hall–Kier alpha value is -1.28. The summed E-state index contributed by atoms with van der Waals surface area (Å²) in [5.74, 6) is -0.0891. The molecule has 0 unspecified atom stereocenters. The van der Waals surface area contributed by atoms with Crippen LogP contribution in [0.25, 0.3) is 0 Å². The summed E-state index contributed by atoms with van der Waals surface area (Å²) in [6, 6.07) is -0.618. The molecule has 20 heavy (non-hydrogen) atoms. The van der Waals surface area contributed by atoms with E-state index in [0.717, 1.165) is 0 Å². The van der Waals surface area contributed by atoms with E-state index >= 15 is 0 Å². The van der Waals surface area contributed by atoms with Crippen LogP contribution in [0.2, 0.25) is 18.1 Å². The second-order valence-corrected chi connectivity index (χ2v) is 11.5. The largest absolute Gasteiger partial charge is 0.465 e. The number of nitrogens with two attached hydrogens (primary N) is 1. The quantitative estimate of drug-likeness (QED) is 0.242. The average Bonchev–Trinajstić information content (AvgIpc) is 2.69. The van der Waals surface area contributed by atoms with E-state index in [4.69, 9.17) is 15.4 Å². The Balaban J connectivity index is 2.84. The number of carbonyl (C=O) groups is 1. The summed E-state index contributed by atoms with van der Waals surface area (Å²) in [6.07, 6.45) is -0.866. The van der Waals surface area contributed by atoms with Crippen molar-refractivity contribution in [3.8, 4) is 0 Å². The molecule has 1 saturated heterocycles. The van der Waals surface area contributed by atoms with Gasteiger partial charge in [0, 0.05) is 13.0 Å². The van der Waals surface area contributed by atoms with E-state index < -0.39 is 20.5 Å². The molecule has 0 aromatic rings. The molecule has 1 amide bonds. The molecule has 8 heteroatoms. The van der Waals surface area contributed by atoms with Crippen molar-refractivity contribution in [3.05, 3.63) is 0 Å². The Morgan fingerprint density at radius 1 is 1.45 bits per heavy atom. The summed E-state index contributed by atoms with van der Waals surface area (Å²) < 4.78 is 6.21. The van der Waals surface area contributed by atoms with Crippen molar-refractivity contribution in [1.29, 1.82) is 0 Å². The highest BCUT2D eigenvalue weighted by molar-refractivity contribution is 6.74. The van der Waals surface area contributed by atoms with Crippen LogP contribution in [-0.4, -0.2) is 54.2 Å². The molecule has 116 valence electrons. The Bertz CT molecular complexity index is 406. The molecule has 1 heterocycles. The first kappa shape index (κ1) is 16.8. The van der Waals surface area contributed by atoms with Crippen molar-refractivity contribution in [2.75, 3.05) is 6.54 Å². The Kier molecular flexibility index (Phi) is 4.70. The maximum absolute atomic E-state index is 11.2. The Morgan fingerprint density at radius 3 is 2.40 bits per heavy atom. The van der Waals surface area contributed by atoms with Crippen LogP contribution in [0.3, 0.4) is 0 Å². The molecule has 0 radical (unpaired) electrons. The lowest BCUT2D eigenvalue weighted by molar-refractivity contribution is 0.138. The van der Waals surface area contributed by atoms with Gasteiger partial charge in [-0.3, -0.25) is 4.90 Å². The number of rotatable bonds is 3. The third kappa shape index (κ3) is 3.43. The van der Waals surface area contributed by atoms with Gasteiger partial charge >= 0.3 is 6.09 Å². The average molecular weight is 303 g/mol. The smallest absolute Gasteiger partial charge is 0.408 e. The van der Waals surface area contributed by atoms with Gasteiger partial charge in [-0.05, 0) is 18.1 Å². The van der Waals surface area contributed by atoms with Crippen molar-refractivity contribution in [2.45, 2.75) is 57.5 Å². The SMILES string of the molecule is CC(C)(C)[Si](C)(C)O[C@@H]1C[C@@H](/C(N)=N/O)N(C(=O)O)C1. The topological polar surface area (TPSA) is 108 Å². The first-order chi connectivity index (χ1) is 8.99. The van der Waals surface area contributed by atoms with Gasteiger partial charge in [0.1, 0.15) is 0 Å². The van der Waals surface area contributed by atoms with Gasteiger partial charge < -0.3 is 20.5 Å². The number of carboxylic acid groups (broad SMARTS) is 1. The summed E-state index contributed by atoms with van der Waals surface area (Å²) in [5.41, 5.74) is 5.57. The zero-order chi connectivity index (χ0) is 15.7. The number of amides is 1. The van der Waals surface area contributed by atoms with Crippen LogP contribution in [0.15, 0.2) is 5.16 Å². The molecule has 1 aliphatic rings. The number of likely N-dealkylation sites (tertiary alicyclic amines) is 1. The summed E-state index contributed by atoms with van der Waals surface area (Å²) in [5, 5.41) is 20.9. The second kappa shape index (κ2) is 5.61. The van der Waals surface area contributed by atoms with E-state index in [1.54, 1.807) is 0 Å². The molecule has 7 nitrogen and oxygen atoms in total. The van der Waals surface area contributed by atoms with Gasteiger partial charge in [-0.1, -0.05) is 25.9 Å². The van der Waals surface area contributed by atoms with Crippen LogP contribution in [0.5, 0.6) is 0 Å². The van der Waals surface area contributed by atoms with E-state index in [-0.39, 0.29) is 23.5 Å². The predicted molar refractivity (Wildman–Crippen MR) is 78.6 cm³/mol. The minimum Gasteiger partial charge on any atom is -0.465 e. The Labute approximate surface area is 120 Å². The van der Waals surface area contributed by atoms with Gasteiger partial charge in [0.05, 0.1) is 12.1 Å². The normalized spacial score (nSPS) is 25.1. The van der Waals surface area contributed by atoms with Crippen LogP contribution in [-0.2, 0) is 4.43 Å². The molecular weight excluding hydrogens is 278 g/mol. The summed E-state index contributed by atoms with van der Waals surface area (Å²) in [6.45, 7) is 10.9. The van der Waals surface area contributed by atoms with Crippen LogP contribution in [0, 0.1) is 0 Å². The van der Waals surface area contributed by atoms with Gasteiger partial charge in [0.15, 0.2) is 14.2 Å². The van der Waals surface area contributed by atoms with E-state index in [1.165, 1.54) is 4.90 Å². The third-order valence-corrected chi connectivity index (χ3v) is 8.77. The number of hydrogen-bond acceptors (Lipinski definition) is 4. The van der Waals surface area contributed by atoms with Crippen molar-refractivity contribution >= 4 is 20.2 Å². The Morgan fingerprint density at radius 2 is 2.00 bits per heavy atom. The molecule has 0 bridgehead atoms. The fraction of sp³-hybridized carbons (Fsp3) is 0.833. The standard InChI is InChI=1S/C12H25N3O4Si/c1-12(2,3)20(4,5)19-8-6-9(10(13)14-18)15(7-8)11(16)17/h8-9,18H,6-7H2,1-5H3,(H2,13,14)(H,16,17)/t8-,9+/m1/s1. The minimum absolute atomic E-state index is 0.0513. The summed E-state index contributed by atoms with van der Waals surface area (Å²) in [4.78, 5) is 12.4. The van der Waals surface area contributed by atoms with Gasteiger partial charge in [-0.2, -0.15) is 0 Å². The highest BCUT2D eigenvalue weighted by atomic mass is 28.4. The molecule has 0 saturated carbocycles. The zero-order valence-electron chi connectivity index (χ0n) is 12.8. The lowest BCUT2D eigenvalue weighted by atomic mass is 10.2. The van der Waals surface area contributed by atoms with Gasteiger partial charge in [0.2, 0.25) is 0 Å². The van der Waals surface area contributed by atoms with E-state index in [9.17, 15) is 9.90 Å². The van der Waals surface area contributed by atoms with Crippen LogP contribution < -0.4 is 5.73 Å². The van der Waals surface area contributed by atoms with Gasteiger partial charge in [-0.15, -0.1) is 0 Å². The van der Waals surface area contributed by atoms with Crippen LogP contribution in [0.1, 0.15) is 27.2 Å². The summed E-state index contributed by atoms with van der Waals surface area (Å²) >= 11 is 0. The number of hydrogen-bond donors (Lipinski definition) is 3. The fourth-order valence-corrected chi connectivity index (χ4v) is 3.39. The molecule has 1 aliphatic heterocycles. The van der Waals surface area contributed by atoms with E-state index in [0.29, 0.717) is 6.42 Å². The number of amidine groups is 1. The molecule has 0 aromatic carbocycles. The molecule has 0 aliphatic carbocycles. The maximum Gasteiger partial charge on any atom is 0.408 e. The van der Waals surface area contributed by atoms with Gasteiger partial charge in [0.25, 0.3) is 0 Å². The lowest BCUT2D eigenvalue weighted by Crippen LogP contribution is -2.45. The van der Waals surface area contributed by atoms with E-state index in [2.05, 4.69) is 39.0 Å². The lowest BCUT2D eigenvalue weighted by Gasteiger charge is -2.38. The molecule has 0 aromatic heterocycles. The first-order valence-electron chi connectivity index (χ1n) is 6.64. The molecule has 0 spiro atoms. The summed E-state index contributed by atoms with van der Waals surface area (Å²) in [7, 11) is -1.97. The van der Waals surface area contributed by atoms with Crippen molar-refractivity contribution in [1.82, 2.24) is 4.90 Å². The molecular formula is C12H25N3O4Si. The molecule has 2 atom stereocenters. The molecule has 4 N–H and O–H groups in total. The minimum atomic E-state index is -1.97. The van der Waals surface area contributed by atoms with Crippen molar-refractivity contribution in [2.24, 2.45) is 10.9 Å². The molecule has 1 fully saturated rings. The highest BCUT2D eigenvalue weighted by Gasteiger charge is 2.44. The zero-order valence-corrected chi connectivity index (χ0v) is 13.8.